The molecule has 1 rings (SSSR count). The van der Waals surface area contributed by atoms with E-state index < -0.39 is 0 Å². The van der Waals surface area contributed by atoms with Crippen LogP contribution >= 0.6 is 15.9 Å². The number of aliphatic imine (C=N–C) groups is 1. The van der Waals surface area contributed by atoms with Gasteiger partial charge in [-0.25, -0.2) is 15.0 Å². The summed E-state index contributed by atoms with van der Waals surface area (Å²) in [5.74, 6) is 1.19. The number of hydrogen-bond donors (Lipinski definition) is 0. The molecule has 76 valence electrons. The predicted molar refractivity (Wildman–Crippen MR) is 62.1 cm³/mol. The van der Waals surface area contributed by atoms with Gasteiger partial charge in [0.25, 0.3) is 0 Å². The summed E-state index contributed by atoms with van der Waals surface area (Å²) < 4.78 is 0.748. The van der Waals surface area contributed by atoms with Gasteiger partial charge in [-0.2, -0.15) is 0 Å². The van der Waals surface area contributed by atoms with Crippen LogP contribution < -0.4 is 0 Å². The van der Waals surface area contributed by atoms with E-state index in [-0.39, 0.29) is 0 Å². The lowest BCUT2D eigenvalue weighted by molar-refractivity contribution is 0.754. The van der Waals surface area contributed by atoms with E-state index in [1.165, 1.54) is 0 Å². The molecule has 1 atom stereocenters. The third-order valence-corrected chi connectivity index (χ3v) is 2.37. The molecule has 0 aliphatic carbocycles. The Labute approximate surface area is 92.8 Å². The number of hydrogen-bond acceptors (Lipinski definition) is 3. The molecule has 3 nitrogen and oxygen atoms in total. The molecule has 0 bridgehead atoms. The summed E-state index contributed by atoms with van der Waals surface area (Å²) >= 11 is 3.26. The fourth-order valence-electron chi connectivity index (χ4n) is 0.877. The molecule has 0 amide bonds. The molecule has 14 heavy (non-hydrogen) atoms. The summed E-state index contributed by atoms with van der Waals surface area (Å²) in [6, 6.07) is 0. The van der Waals surface area contributed by atoms with Crippen LogP contribution in [0.5, 0.6) is 0 Å². The molecule has 0 radical (unpaired) electrons. The number of halogens is 1. The summed E-state index contributed by atoms with van der Waals surface area (Å²) in [5.41, 5.74) is 0.846. The van der Waals surface area contributed by atoms with Crippen molar-refractivity contribution in [1.29, 1.82) is 0 Å². The van der Waals surface area contributed by atoms with Crippen LogP contribution in [0.2, 0.25) is 0 Å². The van der Waals surface area contributed by atoms with E-state index in [0.717, 1.165) is 16.7 Å². The minimum absolute atomic E-state index is 0.486. The van der Waals surface area contributed by atoms with Gasteiger partial charge in [-0.3, -0.25) is 0 Å². The van der Waals surface area contributed by atoms with Crippen LogP contribution in [0.15, 0.2) is 15.8 Å². The Bertz CT molecular complexity index is 336. The first-order valence-electron chi connectivity index (χ1n) is 4.66. The van der Waals surface area contributed by atoms with Crippen molar-refractivity contribution in [3.8, 4) is 0 Å². The fourth-order valence-corrected chi connectivity index (χ4v) is 1.25. The maximum Gasteiger partial charge on any atom is 0.173 e. The Morgan fingerprint density at radius 1 is 1.64 bits per heavy atom. The number of aryl methyl sites for hydroxylation is 1. The zero-order valence-electron chi connectivity index (χ0n) is 8.66. The van der Waals surface area contributed by atoms with E-state index in [0.29, 0.717) is 11.7 Å². The van der Waals surface area contributed by atoms with Crippen molar-refractivity contribution in [1.82, 2.24) is 9.97 Å². The highest BCUT2D eigenvalue weighted by molar-refractivity contribution is 9.10. The van der Waals surface area contributed by atoms with Gasteiger partial charge in [0.05, 0.1) is 11.9 Å². The van der Waals surface area contributed by atoms with Crippen LogP contribution in [0.25, 0.3) is 0 Å². The van der Waals surface area contributed by atoms with Crippen molar-refractivity contribution in [2.45, 2.75) is 27.2 Å². The lowest BCUT2D eigenvalue weighted by atomic mass is 10.1. The highest BCUT2D eigenvalue weighted by Crippen LogP contribution is 2.15. The fraction of sp³-hybridized carbons (Fsp3) is 0.500. The molecule has 1 unspecified atom stereocenters. The highest BCUT2D eigenvalue weighted by Gasteiger charge is 2.00. The SMILES string of the molecule is CCC(C)C=Nc1ncc(Br)nc1C. The van der Waals surface area contributed by atoms with E-state index in [4.69, 9.17) is 0 Å². The van der Waals surface area contributed by atoms with E-state index in [1.807, 2.05) is 13.1 Å². The highest BCUT2D eigenvalue weighted by atomic mass is 79.9. The van der Waals surface area contributed by atoms with Gasteiger partial charge in [0, 0.05) is 6.21 Å². The summed E-state index contributed by atoms with van der Waals surface area (Å²) in [7, 11) is 0. The minimum atomic E-state index is 0.486. The molecule has 0 spiro atoms. The van der Waals surface area contributed by atoms with Gasteiger partial charge in [-0.15, -0.1) is 0 Å². The zero-order valence-corrected chi connectivity index (χ0v) is 10.2. The molecule has 1 heterocycles. The van der Waals surface area contributed by atoms with Gasteiger partial charge < -0.3 is 0 Å². The van der Waals surface area contributed by atoms with Crippen molar-refractivity contribution in [2.75, 3.05) is 0 Å². The van der Waals surface area contributed by atoms with Crippen molar-refractivity contribution < 1.29 is 0 Å². The largest absolute Gasteiger partial charge is 0.241 e. The Balaban J connectivity index is 2.82. The van der Waals surface area contributed by atoms with Crippen molar-refractivity contribution >= 4 is 28.0 Å². The van der Waals surface area contributed by atoms with Gasteiger partial charge in [0.1, 0.15) is 4.60 Å². The normalized spacial score (nSPS) is 13.4. The average Bonchev–Trinajstić information content (AvgIpc) is 2.16. The number of nitrogens with zero attached hydrogens (tertiary/aromatic N) is 3. The van der Waals surface area contributed by atoms with Gasteiger partial charge in [-0.1, -0.05) is 13.8 Å². The average molecular weight is 256 g/mol. The van der Waals surface area contributed by atoms with Crippen molar-refractivity contribution in [2.24, 2.45) is 10.9 Å². The van der Waals surface area contributed by atoms with Crippen molar-refractivity contribution in [3.63, 3.8) is 0 Å². The lowest BCUT2D eigenvalue weighted by Gasteiger charge is -2.00. The van der Waals surface area contributed by atoms with E-state index in [1.54, 1.807) is 6.20 Å². The smallest absolute Gasteiger partial charge is 0.173 e. The van der Waals surface area contributed by atoms with Crippen LogP contribution in [-0.2, 0) is 0 Å². The number of aromatic nitrogens is 2. The predicted octanol–water partition coefficient (Wildman–Crippen LogP) is 3.30. The molecule has 0 N–H and O–H groups in total. The second-order valence-corrected chi connectivity index (χ2v) is 4.08. The summed E-state index contributed by atoms with van der Waals surface area (Å²) in [5, 5.41) is 0. The van der Waals surface area contributed by atoms with Crippen molar-refractivity contribution in [3.05, 3.63) is 16.5 Å². The van der Waals surface area contributed by atoms with Gasteiger partial charge in [0.2, 0.25) is 0 Å². The third kappa shape index (κ3) is 3.18. The van der Waals surface area contributed by atoms with Gasteiger partial charge in [0.15, 0.2) is 5.82 Å². The van der Waals surface area contributed by atoms with Crippen LogP contribution in [0.4, 0.5) is 5.82 Å². The second-order valence-electron chi connectivity index (χ2n) is 3.27. The molecule has 0 saturated carbocycles. The quantitative estimate of drug-likeness (QED) is 0.778. The van der Waals surface area contributed by atoms with Crippen LogP contribution in [0.1, 0.15) is 26.0 Å². The van der Waals surface area contributed by atoms with Crippen LogP contribution in [-0.4, -0.2) is 16.2 Å². The molecule has 0 aliphatic rings. The van der Waals surface area contributed by atoms with Gasteiger partial charge in [-0.05, 0) is 35.2 Å². The summed E-state index contributed by atoms with van der Waals surface area (Å²) in [6.07, 6.45) is 4.67. The number of rotatable bonds is 3. The zero-order chi connectivity index (χ0) is 10.6. The molecule has 0 saturated heterocycles. The Morgan fingerprint density at radius 3 is 2.93 bits per heavy atom. The topological polar surface area (TPSA) is 38.1 Å². The molecule has 0 aliphatic heterocycles. The minimum Gasteiger partial charge on any atom is -0.241 e. The lowest BCUT2D eigenvalue weighted by Crippen LogP contribution is -1.93. The molecule has 1 aromatic heterocycles. The van der Waals surface area contributed by atoms with E-state index in [2.05, 4.69) is 44.7 Å². The molecule has 1 aromatic rings. The van der Waals surface area contributed by atoms with Gasteiger partial charge >= 0.3 is 0 Å². The molecule has 0 aromatic carbocycles. The molecule has 4 heteroatoms. The Morgan fingerprint density at radius 2 is 2.36 bits per heavy atom. The monoisotopic (exact) mass is 255 g/mol. The summed E-state index contributed by atoms with van der Waals surface area (Å²) in [6.45, 7) is 6.17. The first-order chi connectivity index (χ1) is 6.63. The summed E-state index contributed by atoms with van der Waals surface area (Å²) in [4.78, 5) is 12.7. The maximum atomic E-state index is 4.30. The first kappa shape index (κ1) is 11.3. The van der Waals surface area contributed by atoms with E-state index in [9.17, 15) is 0 Å². The standard InChI is InChI=1S/C10H14BrN3/c1-4-7(2)5-12-10-8(3)14-9(11)6-13-10/h5-7H,4H2,1-3H3. The first-order valence-corrected chi connectivity index (χ1v) is 5.46. The molecule has 0 fully saturated rings. The molecular formula is C10H14BrN3. The third-order valence-electron chi connectivity index (χ3n) is 1.99. The van der Waals surface area contributed by atoms with E-state index >= 15 is 0 Å². The Kier molecular flexibility index (Phi) is 4.20. The Hall–Kier alpha value is -0.770. The maximum absolute atomic E-state index is 4.30. The second kappa shape index (κ2) is 5.20. The van der Waals surface area contributed by atoms with Crippen LogP contribution in [0.3, 0.4) is 0 Å². The molecular weight excluding hydrogens is 242 g/mol. The van der Waals surface area contributed by atoms with Crippen LogP contribution in [0, 0.1) is 12.8 Å².